The number of rotatable bonds is 18. The molecular weight excluding hydrogens is 490 g/mol. The van der Waals surface area contributed by atoms with Crippen LogP contribution in [0.4, 0.5) is 0 Å². The highest BCUT2D eigenvalue weighted by molar-refractivity contribution is 5.91. The van der Waals surface area contributed by atoms with Gasteiger partial charge in [0.1, 0.15) is 5.75 Å². The van der Waals surface area contributed by atoms with Crippen molar-refractivity contribution in [1.82, 2.24) is 4.90 Å². The number of unbranched alkanes of at least 4 members (excludes halogenated alkanes) is 1. The minimum absolute atomic E-state index is 0.0430. The lowest BCUT2D eigenvalue weighted by atomic mass is 9.91. The van der Waals surface area contributed by atoms with E-state index in [0.29, 0.717) is 6.42 Å². The Bertz CT molecular complexity index is 1040. The normalized spacial score (nSPS) is 14.2. The van der Waals surface area contributed by atoms with E-state index in [0.717, 1.165) is 49.8 Å². The lowest BCUT2D eigenvalue weighted by Gasteiger charge is -2.29. The molecule has 0 unspecified atom stereocenters. The van der Waals surface area contributed by atoms with E-state index in [9.17, 15) is 19.5 Å². The summed E-state index contributed by atoms with van der Waals surface area (Å²) in [7, 11) is 1.66. The van der Waals surface area contributed by atoms with Crippen molar-refractivity contribution in [2.45, 2.75) is 97.6 Å². The molecule has 214 valence electrons. The lowest BCUT2D eigenvalue weighted by Crippen LogP contribution is -2.44. The Morgan fingerprint density at radius 3 is 2.18 bits per heavy atom. The van der Waals surface area contributed by atoms with Gasteiger partial charge in [-0.25, -0.2) is 0 Å². The number of hydrogen-bond acceptors (Lipinski definition) is 4. The number of carbonyl (C=O) groups excluding carboxylic acids is 2. The van der Waals surface area contributed by atoms with Crippen LogP contribution in [0, 0.1) is 11.8 Å². The molecule has 6 nitrogen and oxygen atoms in total. The van der Waals surface area contributed by atoms with E-state index in [1.807, 2.05) is 55.5 Å². The van der Waals surface area contributed by atoms with E-state index in [-0.39, 0.29) is 36.6 Å². The maximum absolute atomic E-state index is 13.4. The number of Topliss-reactive ketones (excluding diaryl/α,β-unsaturated/α-hetero) is 1. The highest BCUT2D eigenvalue weighted by Crippen LogP contribution is 2.25. The van der Waals surface area contributed by atoms with Crippen LogP contribution >= 0.6 is 0 Å². The average Bonchev–Trinajstić information content (AvgIpc) is 2.93. The van der Waals surface area contributed by atoms with Gasteiger partial charge in [0.2, 0.25) is 5.91 Å². The number of hydrogen-bond donors (Lipinski definition) is 1. The summed E-state index contributed by atoms with van der Waals surface area (Å²) < 4.78 is 6.28. The van der Waals surface area contributed by atoms with Gasteiger partial charge in [-0.05, 0) is 69.6 Å². The van der Waals surface area contributed by atoms with Crippen LogP contribution in [0.15, 0.2) is 54.6 Å². The molecule has 0 radical (unpaired) electrons. The van der Waals surface area contributed by atoms with E-state index >= 15 is 0 Å². The molecule has 0 saturated carbocycles. The predicted molar refractivity (Wildman–Crippen MR) is 156 cm³/mol. The number of amides is 1. The minimum atomic E-state index is -0.998. The summed E-state index contributed by atoms with van der Waals surface area (Å²) in [5, 5.41) is 9.71. The molecule has 2 rings (SSSR count). The van der Waals surface area contributed by atoms with Crippen LogP contribution in [-0.2, 0) is 27.2 Å². The molecule has 0 spiro atoms. The Morgan fingerprint density at radius 2 is 1.54 bits per heavy atom. The Balaban J connectivity index is 1.97. The third-order valence-electron chi connectivity index (χ3n) is 7.52. The van der Waals surface area contributed by atoms with Crippen molar-refractivity contribution in [1.29, 1.82) is 0 Å². The topological polar surface area (TPSA) is 83.9 Å². The molecular formula is C33H47NO5. The quantitative estimate of drug-likeness (QED) is 0.228. The summed E-state index contributed by atoms with van der Waals surface area (Å²) in [5.41, 5.74) is 2.09. The molecule has 2 aromatic carbocycles. The van der Waals surface area contributed by atoms with Crippen LogP contribution in [0.2, 0.25) is 0 Å². The first-order valence-corrected chi connectivity index (χ1v) is 14.5. The van der Waals surface area contributed by atoms with Crippen molar-refractivity contribution in [3.63, 3.8) is 0 Å². The van der Waals surface area contributed by atoms with Crippen molar-refractivity contribution in [3.8, 4) is 5.75 Å². The number of para-hydroxylation sites is 1. The van der Waals surface area contributed by atoms with Crippen molar-refractivity contribution < 1.29 is 24.2 Å². The third kappa shape index (κ3) is 10.5. The first-order chi connectivity index (χ1) is 18.7. The summed E-state index contributed by atoms with van der Waals surface area (Å²) in [4.78, 5) is 39.9. The Morgan fingerprint density at radius 1 is 0.872 bits per heavy atom. The van der Waals surface area contributed by atoms with Crippen molar-refractivity contribution in [2.75, 3.05) is 7.05 Å². The molecule has 0 aliphatic heterocycles. The van der Waals surface area contributed by atoms with Gasteiger partial charge in [0.15, 0.2) is 5.78 Å². The molecule has 1 amide bonds. The molecule has 39 heavy (non-hydrogen) atoms. The number of ketones is 1. The lowest BCUT2D eigenvalue weighted by molar-refractivity contribution is -0.145. The first kappa shape index (κ1) is 32.1. The van der Waals surface area contributed by atoms with Gasteiger partial charge in [-0.1, -0.05) is 75.2 Å². The summed E-state index contributed by atoms with van der Waals surface area (Å²) in [6, 6.07) is 16.8. The Kier molecular flexibility index (Phi) is 13.8. The number of carboxylic acid groups (broad SMARTS) is 1. The summed E-state index contributed by atoms with van der Waals surface area (Å²) in [6.45, 7) is 7.97. The number of benzene rings is 2. The number of carbonyl (C=O) groups is 3. The molecule has 4 atom stereocenters. The maximum Gasteiger partial charge on any atom is 0.307 e. The van der Waals surface area contributed by atoms with Gasteiger partial charge in [-0.3, -0.25) is 14.4 Å². The second-order valence-electron chi connectivity index (χ2n) is 10.7. The first-order valence-electron chi connectivity index (χ1n) is 14.5. The zero-order valence-corrected chi connectivity index (χ0v) is 24.4. The van der Waals surface area contributed by atoms with Crippen LogP contribution in [0.5, 0.6) is 5.75 Å². The molecule has 0 heterocycles. The van der Waals surface area contributed by atoms with E-state index in [1.54, 1.807) is 14.0 Å². The minimum Gasteiger partial charge on any atom is -0.490 e. The molecule has 0 aromatic heterocycles. The molecule has 0 aliphatic carbocycles. The fourth-order valence-electron chi connectivity index (χ4n) is 4.90. The van der Waals surface area contributed by atoms with Crippen molar-refractivity contribution >= 4 is 17.7 Å². The van der Waals surface area contributed by atoms with Crippen LogP contribution in [0.3, 0.4) is 0 Å². The molecule has 6 heteroatoms. The zero-order valence-electron chi connectivity index (χ0n) is 24.4. The Labute approximate surface area is 234 Å². The summed E-state index contributed by atoms with van der Waals surface area (Å²) in [6.07, 6.45) is 6.35. The smallest absolute Gasteiger partial charge is 0.307 e. The third-order valence-corrected chi connectivity index (χ3v) is 7.52. The largest absolute Gasteiger partial charge is 0.490 e. The monoisotopic (exact) mass is 537 g/mol. The van der Waals surface area contributed by atoms with Gasteiger partial charge in [-0.2, -0.15) is 0 Å². The van der Waals surface area contributed by atoms with Crippen LogP contribution in [0.25, 0.3) is 0 Å². The van der Waals surface area contributed by atoms with E-state index < -0.39 is 17.9 Å². The van der Waals surface area contributed by atoms with Gasteiger partial charge in [0, 0.05) is 19.4 Å². The number of nitrogens with zero attached hydrogens (tertiary/aromatic N) is 1. The molecule has 1 N–H and O–H groups in total. The standard InChI is InChI=1S/C33H47NO5/c1-6-8-17-27-18-12-13-19-31(27)39-24(3)20-21-28(14-7-2)32(36)34(5)25(4)30(35)23-29(33(37)38)22-26-15-10-9-11-16-26/h9-13,15-16,18-19,24-25,28-29H,6-8,14,17,20-23H2,1-5H3,(H,37,38)/t24-,25-,28-,29+/m1/s1. The summed E-state index contributed by atoms with van der Waals surface area (Å²) in [5.74, 6) is -1.42. The molecule has 0 bridgehead atoms. The van der Waals surface area contributed by atoms with Gasteiger partial charge in [0.05, 0.1) is 18.1 Å². The molecule has 0 fully saturated rings. The van der Waals surface area contributed by atoms with Crippen molar-refractivity contribution in [2.24, 2.45) is 11.8 Å². The average molecular weight is 538 g/mol. The van der Waals surface area contributed by atoms with Crippen molar-refractivity contribution in [3.05, 3.63) is 65.7 Å². The Hall–Kier alpha value is -3.15. The predicted octanol–water partition coefficient (Wildman–Crippen LogP) is 6.74. The van der Waals surface area contributed by atoms with Gasteiger partial charge >= 0.3 is 5.97 Å². The van der Waals surface area contributed by atoms with Crippen LogP contribution in [-0.4, -0.2) is 46.9 Å². The van der Waals surface area contributed by atoms with E-state index in [1.165, 1.54) is 10.5 Å². The molecule has 2 aromatic rings. The highest BCUT2D eigenvalue weighted by atomic mass is 16.5. The van der Waals surface area contributed by atoms with Crippen LogP contribution in [0.1, 0.15) is 83.8 Å². The van der Waals surface area contributed by atoms with E-state index in [2.05, 4.69) is 19.9 Å². The highest BCUT2D eigenvalue weighted by Gasteiger charge is 2.31. The summed E-state index contributed by atoms with van der Waals surface area (Å²) >= 11 is 0. The van der Waals surface area contributed by atoms with Gasteiger partial charge in [0.25, 0.3) is 0 Å². The SMILES string of the molecule is CCCCc1ccccc1O[C@H](C)CC[C@@H](CCC)C(=O)N(C)[C@H](C)C(=O)C[C@H](Cc1ccccc1)C(=O)O. The van der Waals surface area contributed by atoms with Gasteiger partial charge in [-0.15, -0.1) is 0 Å². The number of likely N-dealkylation sites (N-methyl/N-ethyl adjacent to an activating group) is 1. The zero-order chi connectivity index (χ0) is 28.8. The fourth-order valence-corrected chi connectivity index (χ4v) is 4.90. The second-order valence-corrected chi connectivity index (χ2v) is 10.7. The maximum atomic E-state index is 13.4. The number of aryl methyl sites for hydroxylation is 1. The molecule has 0 aliphatic rings. The molecule has 0 saturated heterocycles. The van der Waals surface area contributed by atoms with E-state index in [4.69, 9.17) is 4.74 Å². The van der Waals surface area contributed by atoms with Crippen LogP contribution < -0.4 is 4.74 Å². The van der Waals surface area contributed by atoms with Gasteiger partial charge < -0.3 is 14.7 Å². The second kappa shape index (κ2) is 16.7. The number of carboxylic acids is 1. The fraction of sp³-hybridized carbons (Fsp3) is 0.545. The number of ether oxygens (including phenoxy) is 1. The number of aliphatic carboxylic acids is 1.